The molecule has 0 fully saturated rings. The van der Waals surface area contributed by atoms with Crippen LogP contribution in [-0.4, -0.2) is 32.9 Å². The van der Waals surface area contributed by atoms with Gasteiger partial charge in [-0.2, -0.15) is 4.31 Å². The highest BCUT2D eigenvalue weighted by Gasteiger charge is 2.21. The van der Waals surface area contributed by atoms with Crippen LogP contribution in [0.4, 0.5) is 0 Å². The van der Waals surface area contributed by atoms with Crippen LogP contribution in [0.25, 0.3) is 0 Å². The first-order valence-electron chi connectivity index (χ1n) is 5.96. The van der Waals surface area contributed by atoms with E-state index in [0.29, 0.717) is 18.0 Å². The fourth-order valence-corrected chi connectivity index (χ4v) is 2.79. The molecule has 0 heterocycles. The molecule has 0 saturated heterocycles. The zero-order valence-electron chi connectivity index (χ0n) is 11.5. The molecule has 0 bridgehead atoms. The summed E-state index contributed by atoms with van der Waals surface area (Å²) in [4.78, 5) is 0.312. The second-order valence-electron chi connectivity index (χ2n) is 5.39. The highest BCUT2D eigenvalue weighted by molar-refractivity contribution is 7.89. The lowest BCUT2D eigenvalue weighted by atomic mass is 9.87. The Morgan fingerprint density at radius 2 is 1.67 bits per heavy atom. The van der Waals surface area contributed by atoms with Crippen molar-refractivity contribution in [2.24, 2.45) is 5.73 Å². The van der Waals surface area contributed by atoms with E-state index in [1.54, 1.807) is 19.2 Å². The van der Waals surface area contributed by atoms with E-state index < -0.39 is 10.0 Å². The Labute approximate surface area is 110 Å². The fraction of sp³-hybridized carbons (Fsp3) is 0.538. The summed E-state index contributed by atoms with van der Waals surface area (Å²) in [6, 6.07) is 7.04. The monoisotopic (exact) mass is 270 g/mol. The number of nitrogens with two attached hydrogens (primary N) is 1. The van der Waals surface area contributed by atoms with Crippen molar-refractivity contribution in [3.05, 3.63) is 29.8 Å². The summed E-state index contributed by atoms with van der Waals surface area (Å²) in [6.45, 7) is 6.92. The quantitative estimate of drug-likeness (QED) is 0.903. The Hall–Kier alpha value is -0.910. The van der Waals surface area contributed by atoms with Crippen molar-refractivity contribution < 1.29 is 8.42 Å². The van der Waals surface area contributed by atoms with Gasteiger partial charge in [-0.25, -0.2) is 8.42 Å². The molecule has 0 atom stereocenters. The molecule has 1 aromatic carbocycles. The number of benzene rings is 1. The number of nitrogens with zero attached hydrogens (tertiary/aromatic N) is 1. The van der Waals surface area contributed by atoms with E-state index in [1.807, 2.05) is 12.1 Å². The molecule has 2 N–H and O–H groups in total. The molecule has 0 aliphatic carbocycles. The molecule has 0 spiro atoms. The van der Waals surface area contributed by atoms with E-state index >= 15 is 0 Å². The van der Waals surface area contributed by atoms with Gasteiger partial charge >= 0.3 is 0 Å². The Morgan fingerprint density at radius 1 is 1.17 bits per heavy atom. The Balaban J connectivity index is 3.05. The molecule has 5 heteroatoms. The SMILES string of the molecule is CN(CCN)S(=O)(=O)c1ccc(C(C)(C)C)cc1. The van der Waals surface area contributed by atoms with Gasteiger partial charge in [-0.3, -0.25) is 0 Å². The van der Waals surface area contributed by atoms with Gasteiger partial charge in [0.05, 0.1) is 4.90 Å². The van der Waals surface area contributed by atoms with Crippen LogP contribution in [0.2, 0.25) is 0 Å². The molecule has 1 rings (SSSR count). The van der Waals surface area contributed by atoms with Crippen LogP contribution in [0.15, 0.2) is 29.2 Å². The lowest BCUT2D eigenvalue weighted by molar-refractivity contribution is 0.476. The third-order valence-corrected chi connectivity index (χ3v) is 4.74. The largest absolute Gasteiger partial charge is 0.329 e. The van der Waals surface area contributed by atoms with Crippen molar-refractivity contribution in [3.63, 3.8) is 0 Å². The molecule has 102 valence electrons. The van der Waals surface area contributed by atoms with E-state index in [-0.39, 0.29) is 5.41 Å². The zero-order chi connectivity index (χ0) is 14.0. The van der Waals surface area contributed by atoms with Crippen molar-refractivity contribution in [2.45, 2.75) is 31.1 Å². The highest BCUT2D eigenvalue weighted by Crippen LogP contribution is 2.24. The number of sulfonamides is 1. The van der Waals surface area contributed by atoms with E-state index in [2.05, 4.69) is 20.8 Å². The van der Waals surface area contributed by atoms with Gasteiger partial charge in [-0.15, -0.1) is 0 Å². The number of rotatable bonds is 4. The van der Waals surface area contributed by atoms with E-state index in [4.69, 9.17) is 5.73 Å². The maximum Gasteiger partial charge on any atom is 0.242 e. The molecule has 4 nitrogen and oxygen atoms in total. The van der Waals surface area contributed by atoms with Crippen LogP contribution in [-0.2, 0) is 15.4 Å². The van der Waals surface area contributed by atoms with Gasteiger partial charge in [0, 0.05) is 20.1 Å². The fourth-order valence-electron chi connectivity index (χ4n) is 1.61. The molecule has 0 amide bonds. The van der Waals surface area contributed by atoms with Crippen molar-refractivity contribution >= 4 is 10.0 Å². The molecule has 0 radical (unpaired) electrons. The van der Waals surface area contributed by atoms with Crippen LogP contribution < -0.4 is 5.73 Å². The minimum Gasteiger partial charge on any atom is -0.329 e. The number of likely N-dealkylation sites (N-methyl/N-ethyl adjacent to an activating group) is 1. The summed E-state index contributed by atoms with van der Waals surface area (Å²) in [7, 11) is -1.87. The van der Waals surface area contributed by atoms with Crippen LogP contribution in [0.5, 0.6) is 0 Å². The predicted molar refractivity (Wildman–Crippen MR) is 74.0 cm³/mol. The molecule has 18 heavy (non-hydrogen) atoms. The summed E-state index contributed by atoms with van der Waals surface area (Å²) in [6.07, 6.45) is 0. The van der Waals surface area contributed by atoms with Gasteiger partial charge < -0.3 is 5.73 Å². The van der Waals surface area contributed by atoms with Gasteiger partial charge in [0.25, 0.3) is 0 Å². The maximum atomic E-state index is 12.2. The third-order valence-electron chi connectivity index (χ3n) is 2.87. The van der Waals surface area contributed by atoms with Crippen LogP contribution in [0.3, 0.4) is 0 Å². The Morgan fingerprint density at radius 3 is 2.06 bits per heavy atom. The van der Waals surface area contributed by atoms with E-state index in [1.165, 1.54) is 4.31 Å². The average Bonchev–Trinajstić information content (AvgIpc) is 2.28. The smallest absolute Gasteiger partial charge is 0.242 e. The molecule has 0 aliphatic rings. The molecular weight excluding hydrogens is 248 g/mol. The van der Waals surface area contributed by atoms with Crippen LogP contribution >= 0.6 is 0 Å². The zero-order valence-corrected chi connectivity index (χ0v) is 12.3. The average molecular weight is 270 g/mol. The first kappa shape index (κ1) is 15.1. The van der Waals surface area contributed by atoms with Crippen LogP contribution in [0.1, 0.15) is 26.3 Å². The van der Waals surface area contributed by atoms with Gasteiger partial charge in [0.15, 0.2) is 0 Å². The van der Waals surface area contributed by atoms with Crippen molar-refractivity contribution in [1.29, 1.82) is 0 Å². The molecule has 0 aromatic heterocycles. The summed E-state index contributed by atoms with van der Waals surface area (Å²) in [5.41, 5.74) is 6.51. The molecule has 1 aromatic rings. The van der Waals surface area contributed by atoms with Gasteiger partial charge in [0.1, 0.15) is 0 Å². The van der Waals surface area contributed by atoms with Gasteiger partial charge in [0.2, 0.25) is 10.0 Å². The van der Waals surface area contributed by atoms with Crippen molar-refractivity contribution in [1.82, 2.24) is 4.31 Å². The Bertz CT molecular complexity index is 487. The number of hydrogen-bond donors (Lipinski definition) is 1. The minimum atomic E-state index is -3.41. The third kappa shape index (κ3) is 3.31. The Kier molecular flexibility index (Phi) is 4.53. The van der Waals surface area contributed by atoms with Gasteiger partial charge in [-0.05, 0) is 23.1 Å². The highest BCUT2D eigenvalue weighted by atomic mass is 32.2. The second kappa shape index (κ2) is 5.38. The van der Waals surface area contributed by atoms with Crippen LogP contribution in [0, 0.1) is 0 Å². The molecular formula is C13H22N2O2S. The standard InChI is InChI=1S/C13H22N2O2S/c1-13(2,3)11-5-7-12(8-6-11)18(16,17)15(4)10-9-14/h5-8H,9-10,14H2,1-4H3. The first-order valence-corrected chi connectivity index (χ1v) is 7.40. The molecule has 0 aliphatic heterocycles. The summed E-state index contributed by atoms with van der Waals surface area (Å²) >= 11 is 0. The van der Waals surface area contributed by atoms with Gasteiger partial charge in [-0.1, -0.05) is 32.9 Å². The topological polar surface area (TPSA) is 63.4 Å². The number of hydrogen-bond acceptors (Lipinski definition) is 3. The summed E-state index contributed by atoms with van der Waals surface area (Å²) in [5, 5.41) is 0. The summed E-state index contributed by atoms with van der Waals surface area (Å²) in [5.74, 6) is 0. The predicted octanol–water partition coefficient (Wildman–Crippen LogP) is 1.56. The lowest BCUT2D eigenvalue weighted by Gasteiger charge is -2.20. The minimum absolute atomic E-state index is 0.0193. The van der Waals surface area contributed by atoms with E-state index in [0.717, 1.165) is 5.56 Å². The summed E-state index contributed by atoms with van der Waals surface area (Å²) < 4.78 is 25.6. The maximum absolute atomic E-state index is 12.2. The lowest BCUT2D eigenvalue weighted by Crippen LogP contribution is -2.31. The van der Waals surface area contributed by atoms with Crippen molar-refractivity contribution in [2.75, 3.05) is 20.1 Å². The van der Waals surface area contributed by atoms with Crippen molar-refractivity contribution in [3.8, 4) is 0 Å². The second-order valence-corrected chi connectivity index (χ2v) is 7.43. The molecule has 0 unspecified atom stereocenters. The molecule has 0 saturated carbocycles. The van der Waals surface area contributed by atoms with E-state index in [9.17, 15) is 8.42 Å². The normalized spacial score (nSPS) is 13.0. The first-order chi connectivity index (χ1) is 8.19.